The summed E-state index contributed by atoms with van der Waals surface area (Å²) in [5, 5.41) is 8.83. The van der Waals surface area contributed by atoms with E-state index in [0.717, 1.165) is 53.5 Å². The van der Waals surface area contributed by atoms with Crippen LogP contribution in [0.2, 0.25) is 0 Å². The number of rotatable bonds is 4. The van der Waals surface area contributed by atoms with Crippen molar-refractivity contribution >= 4 is 40.9 Å². The van der Waals surface area contributed by atoms with Gasteiger partial charge in [-0.15, -0.1) is 24.0 Å². The van der Waals surface area contributed by atoms with Gasteiger partial charge in [0.25, 0.3) is 0 Å². The van der Waals surface area contributed by atoms with Crippen molar-refractivity contribution in [2.24, 2.45) is 12.0 Å². The summed E-state index contributed by atoms with van der Waals surface area (Å²) in [7, 11) is 1.92. The predicted octanol–water partition coefficient (Wildman–Crippen LogP) is 3.63. The summed E-state index contributed by atoms with van der Waals surface area (Å²) in [5.41, 5.74) is 3.17. The SMILES string of the molecule is CCNC(=NCc1oc2ccccc2c1C)N1CCOC(c2cnn(C)c2)C1.I. The van der Waals surface area contributed by atoms with E-state index >= 15 is 0 Å². The van der Waals surface area contributed by atoms with Gasteiger partial charge in [-0.2, -0.15) is 5.10 Å². The van der Waals surface area contributed by atoms with Crippen LogP contribution in [-0.2, 0) is 18.3 Å². The Hall–Kier alpha value is -2.07. The van der Waals surface area contributed by atoms with E-state index in [0.29, 0.717) is 13.2 Å². The van der Waals surface area contributed by atoms with Gasteiger partial charge in [-0.1, -0.05) is 18.2 Å². The molecular formula is C21H28IN5O2. The average Bonchev–Trinajstić information content (AvgIpc) is 3.29. The number of guanidine groups is 1. The van der Waals surface area contributed by atoms with Gasteiger partial charge in [-0.3, -0.25) is 4.68 Å². The molecule has 3 aromatic rings. The van der Waals surface area contributed by atoms with Gasteiger partial charge in [0.2, 0.25) is 0 Å². The zero-order valence-electron chi connectivity index (χ0n) is 17.1. The molecule has 0 bridgehead atoms. The first-order valence-corrected chi connectivity index (χ1v) is 9.76. The zero-order chi connectivity index (χ0) is 19.5. The van der Waals surface area contributed by atoms with E-state index < -0.39 is 0 Å². The zero-order valence-corrected chi connectivity index (χ0v) is 19.4. The van der Waals surface area contributed by atoms with Crippen molar-refractivity contribution in [2.75, 3.05) is 26.2 Å². The molecular weight excluding hydrogens is 481 g/mol. The number of furan rings is 1. The van der Waals surface area contributed by atoms with Crippen molar-refractivity contribution in [1.29, 1.82) is 0 Å². The number of benzene rings is 1. The second kappa shape index (κ2) is 9.62. The molecule has 0 radical (unpaired) electrons. The number of aliphatic imine (C=N–C) groups is 1. The molecule has 0 aliphatic carbocycles. The summed E-state index contributed by atoms with van der Waals surface area (Å²) in [6.07, 6.45) is 3.88. The standard InChI is InChI=1S/C21H27N5O2.HI/c1-4-22-21(23-12-19-15(2)17-7-5-6-8-18(17)28-19)26-9-10-27-20(14-26)16-11-24-25(3)13-16;/h5-8,11,13,20H,4,9-10,12,14H2,1-3H3,(H,22,23);1H. The van der Waals surface area contributed by atoms with Crippen molar-refractivity contribution in [2.45, 2.75) is 26.5 Å². The molecule has 1 saturated heterocycles. The lowest BCUT2D eigenvalue weighted by Gasteiger charge is -2.34. The molecule has 156 valence electrons. The third kappa shape index (κ3) is 4.75. The third-order valence-electron chi connectivity index (χ3n) is 5.11. The fourth-order valence-electron chi connectivity index (χ4n) is 3.60. The number of ether oxygens (including phenoxy) is 1. The number of hydrogen-bond donors (Lipinski definition) is 1. The van der Waals surface area contributed by atoms with Gasteiger partial charge in [0.15, 0.2) is 5.96 Å². The lowest BCUT2D eigenvalue weighted by molar-refractivity contribution is -0.00806. The molecule has 1 unspecified atom stereocenters. The number of nitrogens with one attached hydrogen (secondary N) is 1. The van der Waals surface area contributed by atoms with Gasteiger partial charge in [0.05, 0.1) is 19.3 Å². The second-order valence-electron chi connectivity index (χ2n) is 7.07. The summed E-state index contributed by atoms with van der Waals surface area (Å²) in [6.45, 7) is 7.72. The van der Waals surface area contributed by atoms with Gasteiger partial charge in [-0.25, -0.2) is 4.99 Å². The average molecular weight is 509 g/mol. The molecule has 8 heteroatoms. The molecule has 1 fully saturated rings. The highest BCUT2D eigenvalue weighted by molar-refractivity contribution is 14.0. The Bertz CT molecular complexity index is 981. The Kier molecular flexibility index (Phi) is 7.18. The lowest BCUT2D eigenvalue weighted by Crippen LogP contribution is -2.48. The number of halogens is 1. The minimum absolute atomic E-state index is 0. The monoisotopic (exact) mass is 509 g/mol. The maximum absolute atomic E-state index is 6.02. The summed E-state index contributed by atoms with van der Waals surface area (Å²) in [6, 6.07) is 8.12. The highest BCUT2D eigenvalue weighted by Gasteiger charge is 2.25. The van der Waals surface area contributed by atoms with Gasteiger partial charge < -0.3 is 19.4 Å². The Morgan fingerprint density at radius 3 is 2.90 bits per heavy atom. The molecule has 2 aromatic heterocycles. The molecule has 0 spiro atoms. The first kappa shape index (κ1) is 21.6. The highest BCUT2D eigenvalue weighted by Crippen LogP contribution is 2.26. The van der Waals surface area contributed by atoms with Gasteiger partial charge >= 0.3 is 0 Å². The van der Waals surface area contributed by atoms with Crippen LogP contribution in [0.25, 0.3) is 11.0 Å². The number of hydrogen-bond acceptors (Lipinski definition) is 4. The van der Waals surface area contributed by atoms with E-state index in [4.69, 9.17) is 14.1 Å². The van der Waals surface area contributed by atoms with E-state index in [1.54, 1.807) is 4.68 Å². The van der Waals surface area contributed by atoms with Crippen LogP contribution in [0.5, 0.6) is 0 Å². The summed E-state index contributed by atoms with van der Waals surface area (Å²) < 4.78 is 13.8. The minimum Gasteiger partial charge on any atom is -0.459 e. The summed E-state index contributed by atoms with van der Waals surface area (Å²) >= 11 is 0. The van der Waals surface area contributed by atoms with Crippen LogP contribution in [0.1, 0.15) is 29.9 Å². The fraction of sp³-hybridized carbons (Fsp3) is 0.429. The van der Waals surface area contributed by atoms with Crippen LogP contribution in [0.3, 0.4) is 0 Å². The molecule has 7 nitrogen and oxygen atoms in total. The third-order valence-corrected chi connectivity index (χ3v) is 5.11. The normalized spacial score (nSPS) is 17.4. The second-order valence-corrected chi connectivity index (χ2v) is 7.07. The topological polar surface area (TPSA) is 67.8 Å². The summed E-state index contributed by atoms with van der Waals surface area (Å²) in [5.74, 6) is 1.80. The minimum atomic E-state index is -0.000701. The first-order valence-electron chi connectivity index (χ1n) is 9.76. The van der Waals surface area contributed by atoms with Gasteiger partial charge in [0.1, 0.15) is 24.0 Å². The Morgan fingerprint density at radius 2 is 2.17 bits per heavy atom. The van der Waals surface area contributed by atoms with E-state index in [9.17, 15) is 0 Å². The van der Waals surface area contributed by atoms with Crippen LogP contribution < -0.4 is 5.32 Å². The lowest BCUT2D eigenvalue weighted by atomic mass is 10.1. The maximum Gasteiger partial charge on any atom is 0.194 e. The Balaban J connectivity index is 0.00000240. The van der Waals surface area contributed by atoms with E-state index in [2.05, 4.69) is 35.2 Å². The molecule has 1 aliphatic heterocycles. The molecule has 1 N–H and O–H groups in total. The fourth-order valence-corrected chi connectivity index (χ4v) is 3.60. The Labute approximate surface area is 188 Å². The van der Waals surface area contributed by atoms with Crippen molar-refractivity contribution in [1.82, 2.24) is 20.0 Å². The first-order chi connectivity index (χ1) is 13.7. The van der Waals surface area contributed by atoms with Crippen LogP contribution in [0, 0.1) is 6.92 Å². The van der Waals surface area contributed by atoms with Crippen LogP contribution in [0.15, 0.2) is 46.1 Å². The Morgan fingerprint density at radius 1 is 1.34 bits per heavy atom. The number of fused-ring (bicyclic) bond motifs is 1. The number of aryl methyl sites for hydroxylation is 2. The summed E-state index contributed by atoms with van der Waals surface area (Å²) in [4.78, 5) is 7.11. The highest BCUT2D eigenvalue weighted by atomic mass is 127. The van der Waals surface area contributed by atoms with Gasteiger partial charge in [0, 0.05) is 42.8 Å². The molecule has 4 rings (SSSR count). The predicted molar refractivity (Wildman–Crippen MR) is 125 cm³/mol. The quantitative estimate of drug-likeness (QED) is 0.331. The molecule has 3 heterocycles. The number of morpholine rings is 1. The molecule has 0 amide bonds. The number of nitrogens with zero attached hydrogens (tertiary/aromatic N) is 4. The largest absolute Gasteiger partial charge is 0.459 e. The van der Waals surface area contributed by atoms with Crippen molar-refractivity contribution in [3.8, 4) is 0 Å². The number of aromatic nitrogens is 2. The molecule has 1 aliphatic rings. The number of para-hydroxylation sites is 1. The van der Waals surface area contributed by atoms with Gasteiger partial charge in [-0.05, 0) is 19.9 Å². The van der Waals surface area contributed by atoms with E-state index in [1.807, 2.05) is 37.6 Å². The molecule has 29 heavy (non-hydrogen) atoms. The maximum atomic E-state index is 6.02. The van der Waals surface area contributed by atoms with Crippen LogP contribution in [0.4, 0.5) is 0 Å². The van der Waals surface area contributed by atoms with E-state index in [1.165, 1.54) is 0 Å². The van der Waals surface area contributed by atoms with Crippen LogP contribution >= 0.6 is 24.0 Å². The van der Waals surface area contributed by atoms with Crippen LogP contribution in [-0.4, -0.2) is 46.9 Å². The smallest absolute Gasteiger partial charge is 0.194 e. The molecule has 1 aromatic carbocycles. The molecule has 1 atom stereocenters. The van der Waals surface area contributed by atoms with Crippen molar-refractivity contribution in [3.05, 3.63) is 53.5 Å². The van der Waals surface area contributed by atoms with Crippen molar-refractivity contribution in [3.63, 3.8) is 0 Å². The van der Waals surface area contributed by atoms with Crippen molar-refractivity contribution < 1.29 is 9.15 Å². The van der Waals surface area contributed by atoms with E-state index in [-0.39, 0.29) is 30.1 Å². The molecule has 0 saturated carbocycles.